The van der Waals surface area contributed by atoms with Gasteiger partial charge in [0.05, 0.1) is 11.0 Å². The van der Waals surface area contributed by atoms with Crippen molar-refractivity contribution in [2.75, 3.05) is 18.4 Å². The number of nitrogens with zero attached hydrogens (tertiary/aromatic N) is 3. The Hall–Kier alpha value is -2.08. The number of rotatable bonds is 7. The maximum atomic E-state index is 12.1. The lowest BCUT2D eigenvalue weighted by atomic mass is 10.2. The van der Waals surface area contributed by atoms with Crippen molar-refractivity contribution in [2.45, 2.75) is 33.1 Å². The highest BCUT2D eigenvalue weighted by Gasteiger charge is 2.13. The molecule has 0 atom stereocenters. The Morgan fingerprint density at radius 1 is 1.25 bits per heavy atom. The number of hydrogen-bond donors (Lipinski definition) is 1. The van der Waals surface area contributed by atoms with Crippen molar-refractivity contribution in [1.82, 2.24) is 14.5 Å². The molecule has 2 rings (SSSR count). The molecule has 0 fully saturated rings. The number of benzene rings is 1. The fourth-order valence-electron chi connectivity index (χ4n) is 2.61. The molecule has 2 aromatic rings. The molecule has 1 aromatic carbocycles. The standard InChI is InChI=1S/C17H23ClN4O2/c1-4-22(5-2)16(24)8-6-7-15(23)20-17-19-13-11-12(18)9-10-14(13)21(17)3/h9-11H,4-8H2,1-3H3,(H,19,20,23). The molecule has 0 unspecified atom stereocenters. The number of carbonyl (C=O) groups excluding carboxylic acids is 2. The summed E-state index contributed by atoms with van der Waals surface area (Å²) in [4.78, 5) is 30.2. The maximum absolute atomic E-state index is 12.1. The molecule has 2 amide bonds. The Kier molecular flexibility index (Phi) is 6.20. The first kappa shape index (κ1) is 18.3. The second kappa shape index (κ2) is 8.15. The van der Waals surface area contributed by atoms with Gasteiger partial charge in [0, 0.05) is 38.0 Å². The molecule has 0 aliphatic heterocycles. The zero-order valence-electron chi connectivity index (χ0n) is 14.3. The average molecular weight is 351 g/mol. The van der Waals surface area contributed by atoms with Gasteiger partial charge in [0.25, 0.3) is 0 Å². The Labute approximate surface area is 146 Å². The topological polar surface area (TPSA) is 67.2 Å². The van der Waals surface area contributed by atoms with E-state index in [0.29, 0.717) is 36.9 Å². The van der Waals surface area contributed by atoms with Crippen LogP contribution in [0.1, 0.15) is 33.1 Å². The fourth-order valence-corrected chi connectivity index (χ4v) is 2.77. The first-order valence-corrected chi connectivity index (χ1v) is 8.53. The highest BCUT2D eigenvalue weighted by atomic mass is 35.5. The summed E-state index contributed by atoms with van der Waals surface area (Å²) in [5, 5.41) is 3.40. The molecule has 0 saturated carbocycles. The molecule has 7 heteroatoms. The van der Waals surface area contributed by atoms with Gasteiger partial charge < -0.3 is 9.47 Å². The number of amides is 2. The van der Waals surface area contributed by atoms with E-state index in [4.69, 9.17) is 11.6 Å². The Morgan fingerprint density at radius 3 is 2.62 bits per heavy atom. The van der Waals surface area contributed by atoms with Crippen molar-refractivity contribution < 1.29 is 9.59 Å². The lowest BCUT2D eigenvalue weighted by molar-refractivity contribution is -0.130. The zero-order chi connectivity index (χ0) is 17.7. The van der Waals surface area contributed by atoms with Crippen LogP contribution < -0.4 is 5.32 Å². The Balaban J connectivity index is 1.91. The maximum Gasteiger partial charge on any atom is 0.226 e. The van der Waals surface area contributed by atoms with E-state index in [2.05, 4.69) is 10.3 Å². The van der Waals surface area contributed by atoms with Gasteiger partial charge >= 0.3 is 0 Å². The van der Waals surface area contributed by atoms with Gasteiger partial charge in [0.1, 0.15) is 0 Å². The van der Waals surface area contributed by atoms with Gasteiger partial charge in [-0.25, -0.2) is 4.98 Å². The summed E-state index contributed by atoms with van der Waals surface area (Å²) in [6.07, 6.45) is 1.20. The van der Waals surface area contributed by atoms with Crippen LogP contribution in [0.2, 0.25) is 5.02 Å². The van der Waals surface area contributed by atoms with Crippen LogP contribution in [0, 0.1) is 0 Å². The minimum absolute atomic E-state index is 0.0881. The van der Waals surface area contributed by atoms with Crippen molar-refractivity contribution >= 4 is 40.4 Å². The number of hydrogen-bond acceptors (Lipinski definition) is 3. The molecule has 1 heterocycles. The second-order valence-electron chi connectivity index (χ2n) is 5.60. The number of aromatic nitrogens is 2. The van der Waals surface area contributed by atoms with E-state index in [-0.39, 0.29) is 18.2 Å². The molecule has 6 nitrogen and oxygen atoms in total. The van der Waals surface area contributed by atoms with Crippen LogP contribution in [0.4, 0.5) is 5.95 Å². The molecule has 0 aliphatic rings. The average Bonchev–Trinajstić information content (AvgIpc) is 2.83. The van der Waals surface area contributed by atoms with Crippen LogP contribution >= 0.6 is 11.6 Å². The molecule has 24 heavy (non-hydrogen) atoms. The fraction of sp³-hybridized carbons (Fsp3) is 0.471. The van der Waals surface area contributed by atoms with Gasteiger partial charge in [-0.05, 0) is 38.5 Å². The number of imidazole rings is 1. The van der Waals surface area contributed by atoms with Crippen molar-refractivity contribution in [1.29, 1.82) is 0 Å². The van der Waals surface area contributed by atoms with Gasteiger partial charge in [0.15, 0.2) is 0 Å². The third kappa shape index (κ3) is 4.26. The minimum Gasteiger partial charge on any atom is -0.343 e. The zero-order valence-corrected chi connectivity index (χ0v) is 15.1. The van der Waals surface area contributed by atoms with Gasteiger partial charge in [-0.1, -0.05) is 11.6 Å². The Morgan fingerprint density at radius 2 is 1.96 bits per heavy atom. The van der Waals surface area contributed by atoms with Crippen LogP contribution in [-0.4, -0.2) is 39.4 Å². The second-order valence-corrected chi connectivity index (χ2v) is 6.03. The van der Waals surface area contributed by atoms with Gasteiger partial charge in [-0.15, -0.1) is 0 Å². The van der Waals surface area contributed by atoms with E-state index in [9.17, 15) is 9.59 Å². The molecule has 0 spiro atoms. The van der Waals surface area contributed by atoms with Crippen LogP contribution in [0.25, 0.3) is 11.0 Å². The lowest BCUT2D eigenvalue weighted by Gasteiger charge is -2.18. The van der Waals surface area contributed by atoms with Gasteiger partial charge in [-0.2, -0.15) is 0 Å². The molecule has 0 aliphatic carbocycles. The summed E-state index contributed by atoms with van der Waals surface area (Å²) < 4.78 is 1.81. The Bertz CT molecular complexity index is 738. The summed E-state index contributed by atoms with van der Waals surface area (Å²) in [7, 11) is 1.84. The molecular weight excluding hydrogens is 328 g/mol. The third-order valence-electron chi connectivity index (χ3n) is 4.00. The highest BCUT2D eigenvalue weighted by molar-refractivity contribution is 6.31. The minimum atomic E-state index is -0.146. The lowest BCUT2D eigenvalue weighted by Crippen LogP contribution is -2.30. The molecule has 0 radical (unpaired) electrons. The summed E-state index contributed by atoms with van der Waals surface area (Å²) >= 11 is 5.96. The summed E-state index contributed by atoms with van der Waals surface area (Å²) in [5.41, 5.74) is 1.63. The van der Waals surface area contributed by atoms with Crippen molar-refractivity contribution in [3.8, 4) is 0 Å². The van der Waals surface area contributed by atoms with E-state index in [1.165, 1.54) is 0 Å². The first-order chi connectivity index (χ1) is 11.5. The van der Waals surface area contributed by atoms with E-state index in [1.807, 2.05) is 31.5 Å². The quantitative estimate of drug-likeness (QED) is 0.833. The van der Waals surface area contributed by atoms with E-state index >= 15 is 0 Å². The van der Waals surface area contributed by atoms with Crippen LogP contribution in [0.5, 0.6) is 0 Å². The number of fused-ring (bicyclic) bond motifs is 1. The van der Waals surface area contributed by atoms with Crippen LogP contribution in [0.3, 0.4) is 0 Å². The molecule has 1 aromatic heterocycles. The predicted molar refractivity (Wildman–Crippen MR) is 96.1 cm³/mol. The number of carbonyl (C=O) groups is 2. The third-order valence-corrected chi connectivity index (χ3v) is 4.24. The van der Waals surface area contributed by atoms with E-state index in [0.717, 1.165) is 11.0 Å². The molecule has 130 valence electrons. The number of halogens is 1. The van der Waals surface area contributed by atoms with E-state index in [1.54, 1.807) is 17.0 Å². The van der Waals surface area contributed by atoms with E-state index < -0.39 is 0 Å². The number of aryl methyl sites for hydroxylation is 1. The molecule has 0 saturated heterocycles. The highest BCUT2D eigenvalue weighted by Crippen LogP contribution is 2.22. The molecular formula is C17H23ClN4O2. The summed E-state index contributed by atoms with van der Waals surface area (Å²) in [6, 6.07) is 5.41. The van der Waals surface area contributed by atoms with Gasteiger partial charge in [0.2, 0.25) is 17.8 Å². The van der Waals surface area contributed by atoms with Gasteiger partial charge in [-0.3, -0.25) is 14.9 Å². The largest absolute Gasteiger partial charge is 0.343 e. The smallest absolute Gasteiger partial charge is 0.226 e. The molecule has 1 N–H and O–H groups in total. The molecule has 0 bridgehead atoms. The number of anilines is 1. The normalized spacial score (nSPS) is 10.8. The van der Waals surface area contributed by atoms with Crippen molar-refractivity contribution in [3.63, 3.8) is 0 Å². The predicted octanol–water partition coefficient (Wildman–Crippen LogP) is 3.20. The van der Waals surface area contributed by atoms with Crippen molar-refractivity contribution in [2.24, 2.45) is 7.05 Å². The van der Waals surface area contributed by atoms with Crippen molar-refractivity contribution in [3.05, 3.63) is 23.2 Å². The van der Waals surface area contributed by atoms with Crippen LogP contribution in [-0.2, 0) is 16.6 Å². The monoisotopic (exact) mass is 350 g/mol. The summed E-state index contributed by atoms with van der Waals surface area (Å²) in [6.45, 7) is 5.30. The first-order valence-electron chi connectivity index (χ1n) is 8.15. The van der Waals surface area contributed by atoms with Crippen LogP contribution in [0.15, 0.2) is 18.2 Å². The summed E-state index contributed by atoms with van der Waals surface area (Å²) in [5.74, 6) is 0.421. The number of nitrogens with one attached hydrogen (secondary N) is 1. The SMILES string of the molecule is CCN(CC)C(=O)CCCC(=O)Nc1nc2cc(Cl)ccc2n1C.